The summed E-state index contributed by atoms with van der Waals surface area (Å²) in [5.41, 5.74) is 4.32. The van der Waals surface area contributed by atoms with E-state index in [0.29, 0.717) is 12.1 Å². The van der Waals surface area contributed by atoms with Crippen LogP contribution in [0.2, 0.25) is 0 Å². The van der Waals surface area contributed by atoms with Gasteiger partial charge in [-0.15, -0.1) is 0 Å². The van der Waals surface area contributed by atoms with Crippen molar-refractivity contribution in [3.63, 3.8) is 0 Å². The van der Waals surface area contributed by atoms with Crippen molar-refractivity contribution in [3.8, 4) is 5.75 Å². The second-order valence-electron chi connectivity index (χ2n) is 6.72. The van der Waals surface area contributed by atoms with Gasteiger partial charge >= 0.3 is 0 Å². The standard InChI is InChI=1S/C19H21N3O3/c1-24-15-8-11(19(25-2)21-5-3-4-6-21)7-14-16(15)12(10-23)18-17-13(20-17)9-22(14)18/h3-8,13,17,19-20,23H,9-10H2,1-2H3/t13-,17-,19?/m0/s1. The van der Waals surface area contributed by atoms with Gasteiger partial charge in [0.1, 0.15) is 5.75 Å². The topological polar surface area (TPSA) is 70.5 Å². The van der Waals surface area contributed by atoms with Crippen molar-refractivity contribution in [2.75, 3.05) is 14.2 Å². The van der Waals surface area contributed by atoms with Gasteiger partial charge in [-0.3, -0.25) is 0 Å². The number of nitrogens with zero attached hydrogens (tertiary/aromatic N) is 2. The van der Waals surface area contributed by atoms with Crippen LogP contribution in [-0.4, -0.2) is 34.5 Å². The minimum Gasteiger partial charge on any atom is -0.496 e. The number of methoxy groups -OCH3 is 2. The van der Waals surface area contributed by atoms with E-state index >= 15 is 0 Å². The molecule has 1 saturated heterocycles. The van der Waals surface area contributed by atoms with Crippen molar-refractivity contribution in [2.45, 2.75) is 31.5 Å². The Bertz CT molecular complexity index is 945. The van der Waals surface area contributed by atoms with E-state index in [1.165, 1.54) is 5.69 Å². The zero-order valence-corrected chi connectivity index (χ0v) is 14.3. The van der Waals surface area contributed by atoms with Crippen LogP contribution in [0.4, 0.5) is 0 Å². The highest BCUT2D eigenvalue weighted by molar-refractivity contribution is 5.93. The van der Waals surface area contributed by atoms with Crippen LogP contribution in [-0.2, 0) is 17.9 Å². The zero-order chi connectivity index (χ0) is 17.1. The zero-order valence-electron chi connectivity index (χ0n) is 14.3. The molecular formula is C19H21N3O3. The number of aromatic nitrogens is 2. The van der Waals surface area contributed by atoms with E-state index in [4.69, 9.17) is 9.47 Å². The molecule has 0 spiro atoms. The quantitative estimate of drug-likeness (QED) is 0.699. The van der Waals surface area contributed by atoms with Crippen molar-refractivity contribution in [1.82, 2.24) is 14.5 Å². The molecule has 130 valence electrons. The predicted molar refractivity (Wildman–Crippen MR) is 93.7 cm³/mol. The van der Waals surface area contributed by atoms with Crippen LogP contribution >= 0.6 is 0 Å². The summed E-state index contributed by atoms with van der Waals surface area (Å²) in [7, 11) is 3.39. The smallest absolute Gasteiger partial charge is 0.159 e. The molecule has 0 radical (unpaired) electrons. The van der Waals surface area contributed by atoms with Gasteiger partial charge in [-0.2, -0.15) is 0 Å². The van der Waals surface area contributed by atoms with Crippen molar-refractivity contribution >= 4 is 10.9 Å². The van der Waals surface area contributed by atoms with Gasteiger partial charge in [0.05, 0.1) is 25.3 Å². The summed E-state index contributed by atoms with van der Waals surface area (Å²) < 4.78 is 15.8. The molecule has 0 saturated carbocycles. The maximum Gasteiger partial charge on any atom is 0.159 e. The number of ether oxygens (including phenoxy) is 2. The highest BCUT2D eigenvalue weighted by Gasteiger charge is 2.48. The fourth-order valence-electron chi connectivity index (χ4n) is 4.31. The van der Waals surface area contributed by atoms with E-state index in [-0.39, 0.29) is 12.8 Å². The Morgan fingerprint density at radius 3 is 2.76 bits per heavy atom. The van der Waals surface area contributed by atoms with Crippen LogP contribution in [0.25, 0.3) is 10.9 Å². The van der Waals surface area contributed by atoms with Gasteiger partial charge in [0, 0.05) is 54.3 Å². The van der Waals surface area contributed by atoms with Crippen LogP contribution in [0.3, 0.4) is 0 Å². The van der Waals surface area contributed by atoms with Gasteiger partial charge in [-0.05, 0) is 24.3 Å². The van der Waals surface area contributed by atoms with E-state index in [1.807, 2.05) is 35.2 Å². The predicted octanol–water partition coefficient (Wildman–Crippen LogP) is 2.16. The number of hydrogen-bond donors (Lipinski definition) is 2. The number of rotatable bonds is 5. The van der Waals surface area contributed by atoms with E-state index < -0.39 is 0 Å². The lowest BCUT2D eigenvalue weighted by molar-refractivity contribution is 0.0788. The van der Waals surface area contributed by atoms with Gasteiger partial charge in [0.15, 0.2) is 6.23 Å². The summed E-state index contributed by atoms with van der Waals surface area (Å²) in [6, 6.07) is 9.02. The van der Waals surface area contributed by atoms with Crippen molar-refractivity contribution in [3.05, 3.63) is 53.5 Å². The molecule has 1 fully saturated rings. The molecule has 0 amide bonds. The van der Waals surface area contributed by atoms with Crippen LogP contribution < -0.4 is 10.1 Å². The summed E-state index contributed by atoms with van der Waals surface area (Å²) in [6.45, 7) is 0.953. The van der Waals surface area contributed by atoms with Crippen LogP contribution in [0, 0.1) is 0 Å². The number of hydrogen-bond acceptors (Lipinski definition) is 4. The second kappa shape index (κ2) is 5.36. The van der Waals surface area contributed by atoms with E-state index in [9.17, 15) is 5.11 Å². The Balaban J connectivity index is 1.75. The van der Waals surface area contributed by atoms with Crippen LogP contribution in [0.15, 0.2) is 36.7 Å². The highest BCUT2D eigenvalue weighted by Crippen LogP contribution is 2.47. The molecule has 1 aromatic carbocycles. The molecule has 2 aliphatic heterocycles. The largest absolute Gasteiger partial charge is 0.496 e. The van der Waals surface area contributed by atoms with Gasteiger partial charge in [-0.25, -0.2) is 0 Å². The van der Waals surface area contributed by atoms with Crippen LogP contribution in [0.5, 0.6) is 5.75 Å². The first-order chi connectivity index (χ1) is 12.3. The number of aliphatic hydroxyl groups is 1. The lowest BCUT2D eigenvalue weighted by Gasteiger charge is -2.19. The average Bonchev–Trinajstić information content (AvgIpc) is 3.01. The van der Waals surface area contributed by atoms with Gasteiger partial charge in [-0.1, -0.05) is 0 Å². The number of benzene rings is 1. The average molecular weight is 339 g/mol. The Morgan fingerprint density at radius 1 is 1.28 bits per heavy atom. The summed E-state index contributed by atoms with van der Waals surface area (Å²) in [4.78, 5) is 0. The van der Waals surface area contributed by atoms with E-state index in [1.54, 1.807) is 14.2 Å². The molecule has 0 aliphatic carbocycles. The molecular weight excluding hydrogens is 318 g/mol. The summed E-state index contributed by atoms with van der Waals surface area (Å²) in [5, 5.41) is 14.5. The third kappa shape index (κ3) is 2.02. The fourth-order valence-corrected chi connectivity index (χ4v) is 4.31. The third-order valence-electron chi connectivity index (χ3n) is 5.44. The maximum atomic E-state index is 9.99. The Kier molecular flexibility index (Phi) is 3.22. The Labute approximate surface area is 145 Å². The normalized spacial score (nSPS) is 22.0. The Hall–Kier alpha value is -2.28. The lowest BCUT2D eigenvalue weighted by atomic mass is 10.0. The number of aliphatic hydroxyl groups excluding tert-OH is 1. The molecule has 2 aliphatic rings. The van der Waals surface area contributed by atoms with Crippen molar-refractivity contribution in [1.29, 1.82) is 0 Å². The molecule has 4 heterocycles. The van der Waals surface area contributed by atoms with Crippen molar-refractivity contribution in [2.24, 2.45) is 0 Å². The minimum atomic E-state index is -0.217. The minimum absolute atomic E-state index is 0.0186. The van der Waals surface area contributed by atoms with Gasteiger partial charge < -0.3 is 29.0 Å². The van der Waals surface area contributed by atoms with E-state index in [2.05, 4.69) is 16.0 Å². The second-order valence-corrected chi connectivity index (χ2v) is 6.72. The molecule has 2 N–H and O–H groups in total. The number of fused-ring (bicyclic) bond motifs is 5. The molecule has 0 bridgehead atoms. The molecule has 25 heavy (non-hydrogen) atoms. The third-order valence-corrected chi connectivity index (χ3v) is 5.44. The number of nitrogens with one attached hydrogen (secondary N) is 1. The van der Waals surface area contributed by atoms with Gasteiger partial charge in [0.2, 0.25) is 0 Å². The molecule has 5 rings (SSSR count). The monoisotopic (exact) mass is 339 g/mol. The first-order valence-electron chi connectivity index (χ1n) is 8.52. The maximum absolute atomic E-state index is 9.99. The SMILES string of the molecule is COc1cc(C(OC)n2cccc2)cc2c1c(CO)c1n2C[C@@H]2N[C@H]12. The fraction of sp³-hybridized carbons (Fsp3) is 0.368. The van der Waals surface area contributed by atoms with Crippen LogP contribution in [0.1, 0.15) is 29.1 Å². The highest BCUT2D eigenvalue weighted by atomic mass is 16.5. The summed E-state index contributed by atoms with van der Waals surface area (Å²) in [6.07, 6.45) is 3.77. The van der Waals surface area contributed by atoms with Gasteiger partial charge in [0.25, 0.3) is 0 Å². The first-order valence-corrected chi connectivity index (χ1v) is 8.52. The van der Waals surface area contributed by atoms with Crippen molar-refractivity contribution < 1.29 is 14.6 Å². The molecule has 3 atom stereocenters. The Morgan fingerprint density at radius 2 is 2.08 bits per heavy atom. The molecule has 6 nitrogen and oxygen atoms in total. The molecule has 6 heteroatoms. The lowest BCUT2D eigenvalue weighted by Crippen LogP contribution is -2.11. The summed E-state index contributed by atoms with van der Waals surface area (Å²) >= 11 is 0. The van der Waals surface area contributed by atoms with E-state index in [0.717, 1.165) is 34.3 Å². The summed E-state index contributed by atoms with van der Waals surface area (Å²) in [5.74, 6) is 0.782. The molecule has 3 aromatic rings. The molecule has 2 aromatic heterocycles. The molecule has 1 unspecified atom stereocenters. The first kappa shape index (κ1) is 15.0.